The van der Waals surface area contributed by atoms with Crippen LogP contribution in [0.25, 0.3) is 0 Å². The monoisotopic (exact) mass is 413 g/mol. The van der Waals surface area contributed by atoms with Gasteiger partial charge in [0.15, 0.2) is 0 Å². The summed E-state index contributed by atoms with van der Waals surface area (Å²) in [5.74, 6) is 0.223. The molecule has 1 amide bonds. The maximum absolute atomic E-state index is 12.9. The second-order valence-corrected chi connectivity index (χ2v) is 7.73. The lowest BCUT2D eigenvalue weighted by Crippen LogP contribution is -2.21. The van der Waals surface area contributed by atoms with Gasteiger partial charge in [0.25, 0.3) is 5.91 Å². The van der Waals surface area contributed by atoms with Gasteiger partial charge in [-0.1, -0.05) is 12.1 Å². The fourth-order valence-electron chi connectivity index (χ4n) is 3.93. The van der Waals surface area contributed by atoms with Gasteiger partial charge in [-0.3, -0.25) is 9.78 Å². The minimum atomic E-state index is -0.657. The Morgan fingerprint density at radius 3 is 2.61 bits per heavy atom. The van der Waals surface area contributed by atoms with Gasteiger partial charge >= 0.3 is 0 Å². The smallest absolute Gasteiger partial charge is 0.259 e. The van der Waals surface area contributed by atoms with Crippen molar-refractivity contribution in [2.45, 2.75) is 37.3 Å². The van der Waals surface area contributed by atoms with Crippen molar-refractivity contribution in [3.8, 4) is 6.07 Å². The van der Waals surface area contributed by atoms with Gasteiger partial charge in [-0.25, -0.2) is 4.98 Å². The molecule has 0 bridgehead atoms. The molecule has 4 rings (SSSR count). The molecule has 1 aliphatic carbocycles. The van der Waals surface area contributed by atoms with E-state index >= 15 is 0 Å². The van der Waals surface area contributed by atoms with Crippen LogP contribution in [-0.4, -0.2) is 27.1 Å². The van der Waals surface area contributed by atoms with Crippen molar-refractivity contribution in [2.75, 3.05) is 10.6 Å². The lowest BCUT2D eigenvalue weighted by atomic mass is 9.80. The lowest BCUT2D eigenvalue weighted by molar-refractivity contribution is 0.102. The van der Waals surface area contributed by atoms with Crippen molar-refractivity contribution in [3.05, 3.63) is 83.8 Å². The van der Waals surface area contributed by atoms with Gasteiger partial charge in [0.1, 0.15) is 5.82 Å². The average molecular weight is 413 g/mol. The molecule has 0 unspecified atom stereocenters. The van der Waals surface area contributed by atoms with Crippen LogP contribution in [0.2, 0.25) is 0 Å². The van der Waals surface area contributed by atoms with E-state index in [0.717, 1.165) is 11.1 Å². The third kappa shape index (κ3) is 4.55. The molecule has 1 aliphatic rings. The van der Waals surface area contributed by atoms with Crippen LogP contribution in [0.3, 0.4) is 0 Å². The highest BCUT2D eigenvalue weighted by Crippen LogP contribution is 2.41. The summed E-state index contributed by atoms with van der Waals surface area (Å²) in [5.41, 5.74) is 2.31. The molecular weight excluding hydrogens is 390 g/mol. The van der Waals surface area contributed by atoms with Crippen LogP contribution in [0.5, 0.6) is 0 Å². The number of rotatable bonds is 6. The molecule has 1 fully saturated rings. The van der Waals surface area contributed by atoms with Crippen molar-refractivity contribution in [1.29, 1.82) is 5.26 Å². The zero-order valence-electron chi connectivity index (χ0n) is 17.0. The third-order valence-corrected chi connectivity index (χ3v) is 5.66. The topological polar surface area (TPSA) is 111 Å². The van der Waals surface area contributed by atoms with E-state index in [1.165, 1.54) is 0 Å². The summed E-state index contributed by atoms with van der Waals surface area (Å²) < 4.78 is 0. The minimum Gasteiger partial charge on any atom is -0.393 e. The second-order valence-electron chi connectivity index (χ2n) is 7.73. The van der Waals surface area contributed by atoms with Crippen LogP contribution in [0.4, 0.5) is 11.5 Å². The zero-order valence-corrected chi connectivity index (χ0v) is 17.0. The molecule has 3 N–H and O–H groups in total. The summed E-state index contributed by atoms with van der Waals surface area (Å²) in [6.07, 6.45) is 6.34. The summed E-state index contributed by atoms with van der Waals surface area (Å²) in [6, 6.07) is 16.9. The van der Waals surface area contributed by atoms with E-state index < -0.39 is 11.5 Å². The van der Waals surface area contributed by atoms with E-state index in [2.05, 4.69) is 26.7 Å². The number of aliphatic hydroxyl groups is 1. The SMILES string of the molecule is N#C[C@]1(c2ccc(NC(=O)c3cccnc3NCc3ccncc3)cc2)CC[C@H](O)C1. The van der Waals surface area contributed by atoms with Gasteiger partial charge in [0.2, 0.25) is 0 Å². The zero-order chi connectivity index (χ0) is 21.7. The van der Waals surface area contributed by atoms with Crippen LogP contribution in [0.15, 0.2) is 67.1 Å². The first-order valence-electron chi connectivity index (χ1n) is 10.2. The number of benzene rings is 1. The van der Waals surface area contributed by atoms with Crippen LogP contribution in [0.1, 0.15) is 40.7 Å². The molecule has 3 aromatic rings. The first kappa shape index (κ1) is 20.5. The predicted molar refractivity (Wildman–Crippen MR) is 117 cm³/mol. The summed E-state index contributed by atoms with van der Waals surface area (Å²) in [5, 5.41) is 25.6. The molecule has 2 heterocycles. The maximum atomic E-state index is 12.9. The molecule has 7 nitrogen and oxygen atoms in total. The van der Waals surface area contributed by atoms with E-state index in [1.54, 1.807) is 42.9 Å². The molecule has 31 heavy (non-hydrogen) atoms. The second kappa shape index (κ2) is 8.94. The molecule has 0 spiro atoms. The normalized spacial score (nSPS) is 20.1. The van der Waals surface area contributed by atoms with Gasteiger partial charge < -0.3 is 15.7 Å². The van der Waals surface area contributed by atoms with E-state index in [9.17, 15) is 15.2 Å². The maximum Gasteiger partial charge on any atom is 0.259 e. The lowest BCUT2D eigenvalue weighted by Gasteiger charge is -2.21. The van der Waals surface area contributed by atoms with Gasteiger partial charge in [0.05, 0.1) is 23.2 Å². The Balaban J connectivity index is 1.46. The molecule has 0 aliphatic heterocycles. The van der Waals surface area contributed by atoms with E-state index in [4.69, 9.17) is 0 Å². The van der Waals surface area contributed by atoms with Crippen molar-refractivity contribution >= 4 is 17.4 Å². The molecule has 2 atom stereocenters. The minimum absolute atomic E-state index is 0.274. The van der Waals surface area contributed by atoms with Crippen molar-refractivity contribution in [3.63, 3.8) is 0 Å². The number of nitrogens with zero attached hydrogens (tertiary/aromatic N) is 3. The quantitative estimate of drug-likeness (QED) is 0.569. The Morgan fingerprint density at radius 2 is 1.94 bits per heavy atom. The molecule has 0 saturated heterocycles. The molecule has 156 valence electrons. The van der Waals surface area contributed by atoms with Gasteiger partial charge in [-0.2, -0.15) is 5.26 Å². The fourth-order valence-corrected chi connectivity index (χ4v) is 3.93. The first-order chi connectivity index (χ1) is 15.1. The number of nitrogens with one attached hydrogen (secondary N) is 2. The number of carbonyl (C=O) groups is 1. The number of pyridine rings is 2. The summed E-state index contributed by atoms with van der Waals surface area (Å²) in [4.78, 5) is 21.2. The van der Waals surface area contributed by atoms with Crippen LogP contribution >= 0.6 is 0 Å². The van der Waals surface area contributed by atoms with Gasteiger partial charge in [-0.05, 0) is 66.8 Å². The summed E-state index contributed by atoms with van der Waals surface area (Å²) in [7, 11) is 0. The fraction of sp³-hybridized carbons (Fsp3) is 0.250. The highest BCUT2D eigenvalue weighted by atomic mass is 16.3. The molecule has 2 aromatic heterocycles. The van der Waals surface area contributed by atoms with Crippen LogP contribution in [0, 0.1) is 11.3 Å². The largest absolute Gasteiger partial charge is 0.393 e. The van der Waals surface area contributed by atoms with E-state index in [1.807, 2.05) is 24.3 Å². The number of carbonyl (C=O) groups excluding carboxylic acids is 1. The Labute approximate surface area is 180 Å². The Bertz CT molecular complexity index is 1090. The molecule has 0 radical (unpaired) electrons. The van der Waals surface area contributed by atoms with Crippen molar-refractivity contribution < 1.29 is 9.90 Å². The standard InChI is InChI=1S/C24H23N5O2/c25-16-24(10-7-20(30)14-24)18-3-5-19(6-4-18)29-23(31)21-2-1-11-27-22(21)28-15-17-8-12-26-13-9-17/h1-6,8-9,11-13,20,30H,7,10,14-15H2,(H,27,28)(H,29,31)/t20-,24-/m0/s1. The van der Waals surface area contributed by atoms with Gasteiger partial charge in [-0.15, -0.1) is 0 Å². The molecule has 1 saturated carbocycles. The Hall–Kier alpha value is -3.76. The third-order valence-electron chi connectivity index (χ3n) is 5.66. The van der Waals surface area contributed by atoms with Crippen molar-refractivity contribution in [1.82, 2.24) is 9.97 Å². The van der Waals surface area contributed by atoms with E-state index in [0.29, 0.717) is 42.9 Å². The highest BCUT2D eigenvalue weighted by molar-refractivity contribution is 6.07. The highest BCUT2D eigenvalue weighted by Gasteiger charge is 2.40. The number of anilines is 2. The first-order valence-corrected chi connectivity index (χ1v) is 10.2. The summed E-state index contributed by atoms with van der Waals surface area (Å²) >= 11 is 0. The van der Waals surface area contributed by atoms with Crippen LogP contribution in [-0.2, 0) is 12.0 Å². The predicted octanol–water partition coefficient (Wildman–Crippen LogP) is 3.65. The average Bonchev–Trinajstić information content (AvgIpc) is 3.21. The Morgan fingerprint density at radius 1 is 1.16 bits per heavy atom. The molecule has 7 heteroatoms. The number of hydrogen-bond donors (Lipinski definition) is 3. The number of aliphatic hydroxyl groups excluding tert-OH is 1. The van der Waals surface area contributed by atoms with Crippen LogP contribution < -0.4 is 10.6 Å². The Kier molecular flexibility index (Phi) is 5.92. The van der Waals surface area contributed by atoms with Gasteiger partial charge in [0, 0.05) is 30.8 Å². The number of nitriles is 1. The van der Waals surface area contributed by atoms with E-state index in [-0.39, 0.29) is 5.91 Å². The number of amides is 1. The number of aromatic nitrogens is 2. The molecule has 1 aromatic carbocycles. The molecular formula is C24H23N5O2. The van der Waals surface area contributed by atoms with Crippen molar-refractivity contribution in [2.24, 2.45) is 0 Å². The number of hydrogen-bond acceptors (Lipinski definition) is 6. The summed E-state index contributed by atoms with van der Waals surface area (Å²) in [6.45, 7) is 0.524.